The van der Waals surface area contributed by atoms with Crippen molar-refractivity contribution >= 4 is 39.1 Å². The zero-order valence-corrected chi connectivity index (χ0v) is 13.1. The van der Waals surface area contributed by atoms with E-state index in [-0.39, 0.29) is 5.38 Å². The Labute approximate surface area is 130 Å². The van der Waals surface area contributed by atoms with Gasteiger partial charge in [0.1, 0.15) is 5.75 Å². The molecule has 3 rings (SSSR count). The molecule has 1 aliphatic rings. The fourth-order valence-electron chi connectivity index (χ4n) is 2.33. The molecule has 0 N–H and O–H groups in total. The molecule has 1 nitrogen and oxygen atoms in total. The van der Waals surface area contributed by atoms with E-state index in [4.69, 9.17) is 27.9 Å². The van der Waals surface area contributed by atoms with Gasteiger partial charge in [-0.25, -0.2) is 0 Å². The first kappa shape index (κ1) is 13.3. The SMILES string of the molecule is Clc1cc2c(c(C(Cl)c3ccccc3Br)c1)OCC2. The van der Waals surface area contributed by atoms with Crippen LogP contribution in [0.15, 0.2) is 40.9 Å². The standard InChI is InChI=1S/C15H11BrCl2O/c16-13-4-2-1-3-11(13)14(18)12-8-10(17)7-9-5-6-19-15(9)12/h1-4,7-8,14H,5-6H2. The maximum atomic E-state index is 6.62. The number of hydrogen-bond acceptors (Lipinski definition) is 1. The Hall–Kier alpha value is -0.700. The molecule has 4 heteroatoms. The minimum absolute atomic E-state index is 0.277. The van der Waals surface area contributed by atoms with E-state index in [0.29, 0.717) is 11.6 Å². The van der Waals surface area contributed by atoms with Crippen LogP contribution in [0.2, 0.25) is 5.02 Å². The predicted molar refractivity (Wildman–Crippen MR) is 82.5 cm³/mol. The summed E-state index contributed by atoms with van der Waals surface area (Å²) in [5, 5.41) is 0.429. The number of alkyl halides is 1. The van der Waals surface area contributed by atoms with Crippen LogP contribution in [-0.4, -0.2) is 6.61 Å². The highest BCUT2D eigenvalue weighted by Gasteiger charge is 2.24. The monoisotopic (exact) mass is 356 g/mol. The Morgan fingerprint density at radius 3 is 2.74 bits per heavy atom. The van der Waals surface area contributed by atoms with E-state index in [1.54, 1.807) is 0 Å². The van der Waals surface area contributed by atoms with Crippen molar-refractivity contribution in [2.45, 2.75) is 11.8 Å². The normalized spacial score (nSPS) is 14.9. The molecular weight excluding hydrogens is 347 g/mol. The maximum absolute atomic E-state index is 6.62. The first-order valence-corrected chi connectivity index (χ1v) is 7.61. The van der Waals surface area contributed by atoms with Crippen molar-refractivity contribution in [3.8, 4) is 5.75 Å². The van der Waals surface area contributed by atoms with Crippen LogP contribution in [0.25, 0.3) is 0 Å². The highest BCUT2D eigenvalue weighted by molar-refractivity contribution is 9.10. The smallest absolute Gasteiger partial charge is 0.127 e. The molecule has 0 amide bonds. The molecule has 98 valence electrons. The fraction of sp³-hybridized carbons (Fsp3) is 0.200. The highest BCUT2D eigenvalue weighted by atomic mass is 79.9. The largest absolute Gasteiger partial charge is 0.493 e. The summed E-state index contributed by atoms with van der Waals surface area (Å²) in [5.41, 5.74) is 3.10. The molecule has 0 radical (unpaired) electrons. The van der Waals surface area contributed by atoms with Crippen molar-refractivity contribution < 1.29 is 4.74 Å². The molecule has 2 aromatic rings. The highest BCUT2D eigenvalue weighted by Crippen LogP contribution is 2.43. The number of rotatable bonds is 2. The summed E-state index contributed by atoms with van der Waals surface area (Å²) in [5.74, 6) is 0.889. The van der Waals surface area contributed by atoms with E-state index in [9.17, 15) is 0 Å². The average Bonchev–Trinajstić information content (AvgIpc) is 2.85. The lowest BCUT2D eigenvalue weighted by atomic mass is 10.0. The van der Waals surface area contributed by atoms with Gasteiger partial charge in [-0.15, -0.1) is 11.6 Å². The number of benzene rings is 2. The Bertz CT molecular complexity index is 628. The van der Waals surface area contributed by atoms with Crippen LogP contribution in [0.1, 0.15) is 22.1 Å². The molecule has 1 unspecified atom stereocenters. The molecule has 0 saturated carbocycles. The molecule has 19 heavy (non-hydrogen) atoms. The third-order valence-corrected chi connectivity index (χ3v) is 4.64. The molecule has 0 saturated heterocycles. The Morgan fingerprint density at radius 1 is 1.16 bits per heavy atom. The second kappa shape index (κ2) is 5.35. The Kier molecular flexibility index (Phi) is 3.75. The van der Waals surface area contributed by atoms with Gasteiger partial charge in [-0.05, 0) is 29.3 Å². The fourth-order valence-corrected chi connectivity index (χ4v) is 3.58. The van der Waals surface area contributed by atoms with Gasteiger partial charge in [-0.1, -0.05) is 45.7 Å². The average molecular weight is 358 g/mol. The van der Waals surface area contributed by atoms with Crippen molar-refractivity contribution in [2.24, 2.45) is 0 Å². The number of halogens is 3. The minimum atomic E-state index is -0.277. The van der Waals surface area contributed by atoms with Crippen molar-refractivity contribution in [1.82, 2.24) is 0 Å². The van der Waals surface area contributed by atoms with Crippen LogP contribution < -0.4 is 4.74 Å². The summed E-state index contributed by atoms with van der Waals surface area (Å²) in [7, 11) is 0. The second-order valence-electron chi connectivity index (χ2n) is 4.47. The lowest BCUT2D eigenvalue weighted by Gasteiger charge is -2.16. The second-order valence-corrected chi connectivity index (χ2v) is 6.19. The van der Waals surface area contributed by atoms with Gasteiger partial charge in [0.05, 0.1) is 12.0 Å². The summed E-state index contributed by atoms with van der Waals surface area (Å²) in [6, 6.07) is 11.8. The van der Waals surface area contributed by atoms with E-state index in [0.717, 1.165) is 33.3 Å². The Balaban J connectivity index is 2.10. The first-order valence-electron chi connectivity index (χ1n) is 6.00. The summed E-state index contributed by atoms with van der Waals surface area (Å²) >= 11 is 16.3. The lowest BCUT2D eigenvalue weighted by molar-refractivity contribution is 0.353. The van der Waals surface area contributed by atoms with E-state index in [1.807, 2.05) is 36.4 Å². The molecule has 1 heterocycles. The zero-order valence-electron chi connectivity index (χ0n) is 10.00. The van der Waals surface area contributed by atoms with Crippen molar-refractivity contribution in [2.75, 3.05) is 6.61 Å². The molecule has 1 atom stereocenters. The van der Waals surface area contributed by atoms with Gasteiger partial charge < -0.3 is 4.74 Å². The van der Waals surface area contributed by atoms with Gasteiger partial charge >= 0.3 is 0 Å². The summed E-state index contributed by atoms with van der Waals surface area (Å²) < 4.78 is 6.70. The molecule has 0 aliphatic carbocycles. The van der Waals surface area contributed by atoms with Gasteiger partial charge in [0.2, 0.25) is 0 Å². The zero-order chi connectivity index (χ0) is 13.4. The molecule has 0 spiro atoms. The topological polar surface area (TPSA) is 9.23 Å². The van der Waals surface area contributed by atoms with Gasteiger partial charge in [0.25, 0.3) is 0 Å². The van der Waals surface area contributed by atoms with Gasteiger partial charge in [0, 0.05) is 21.5 Å². The molecule has 0 bridgehead atoms. The van der Waals surface area contributed by atoms with Gasteiger partial charge in [-0.3, -0.25) is 0 Å². The molecule has 1 aliphatic heterocycles. The third-order valence-electron chi connectivity index (χ3n) is 3.23. The number of fused-ring (bicyclic) bond motifs is 1. The van der Waals surface area contributed by atoms with Crippen LogP contribution in [0.5, 0.6) is 5.75 Å². The third kappa shape index (κ3) is 2.49. The maximum Gasteiger partial charge on any atom is 0.127 e. The van der Waals surface area contributed by atoms with E-state index in [1.165, 1.54) is 0 Å². The van der Waals surface area contributed by atoms with E-state index < -0.39 is 0 Å². The molecule has 0 aromatic heterocycles. The van der Waals surface area contributed by atoms with Crippen LogP contribution in [0.4, 0.5) is 0 Å². The summed E-state index contributed by atoms with van der Waals surface area (Å²) in [4.78, 5) is 0. The van der Waals surface area contributed by atoms with Gasteiger partial charge in [-0.2, -0.15) is 0 Å². The number of hydrogen-bond donors (Lipinski definition) is 0. The van der Waals surface area contributed by atoms with Crippen LogP contribution in [0.3, 0.4) is 0 Å². The minimum Gasteiger partial charge on any atom is -0.493 e. The van der Waals surface area contributed by atoms with E-state index in [2.05, 4.69) is 15.9 Å². The van der Waals surface area contributed by atoms with E-state index >= 15 is 0 Å². The van der Waals surface area contributed by atoms with Crippen LogP contribution in [0, 0.1) is 0 Å². The van der Waals surface area contributed by atoms with Crippen molar-refractivity contribution in [3.05, 3.63) is 62.6 Å². The lowest BCUT2D eigenvalue weighted by Crippen LogP contribution is -1.98. The number of ether oxygens (including phenoxy) is 1. The van der Waals surface area contributed by atoms with Crippen LogP contribution >= 0.6 is 39.1 Å². The Morgan fingerprint density at radius 2 is 1.95 bits per heavy atom. The van der Waals surface area contributed by atoms with Crippen LogP contribution in [-0.2, 0) is 6.42 Å². The quantitative estimate of drug-likeness (QED) is 0.657. The molecule has 0 fully saturated rings. The van der Waals surface area contributed by atoms with Gasteiger partial charge in [0.15, 0.2) is 0 Å². The molecular formula is C15H11BrCl2O. The summed E-state index contributed by atoms with van der Waals surface area (Å²) in [6.45, 7) is 0.697. The molecule has 2 aromatic carbocycles. The van der Waals surface area contributed by atoms with Crippen molar-refractivity contribution in [3.63, 3.8) is 0 Å². The first-order chi connectivity index (χ1) is 9.16. The summed E-state index contributed by atoms with van der Waals surface area (Å²) in [6.07, 6.45) is 0.891. The predicted octanol–water partition coefficient (Wildman–Crippen LogP) is 5.37. The van der Waals surface area contributed by atoms with Crippen molar-refractivity contribution in [1.29, 1.82) is 0 Å².